The Morgan fingerprint density at radius 1 is 0.462 bits per heavy atom. The van der Waals surface area contributed by atoms with Crippen molar-refractivity contribution in [1.82, 2.24) is 9.13 Å². The van der Waals surface area contributed by atoms with Gasteiger partial charge in [-0.2, -0.15) is 0 Å². The number of hydrogen-bond acceptors (Lipinski definition) is 1. The van der Waals surface area contributed by atoms with Gasteiger partial charge >= 0.3 is 0 Å². The summed E-state index contributed by atoms with van der Waals surface area (Å²) in [6.45, 7) is 0. The van der Waals surface area contributed by atoms with Crippen LogP contribution < -0.4 is 21.1 Å². The van der Waals surface area contributed by atoms with Crippen LogP contribution in [0.1, 0.15) is 25.7 Å². The van der Waals surface area contributed by atoms with Gasteiger partial charge in [0.05, 0.1) is 11.0 Å². The minimum atomic E-state index is 1.10. The summed E-state index contributed by atoms with van der Waals surface area (Å²) in [4.78, 5) is 0. The van der Waals surface area contributed by atoms with Crippen molar-refractivity contribution >= 4 is 77.6 Å². The Morgan fingerprint density at radius 2 is 0.923 bits per heavy atom. The first kappa shape index (κ1) is 21.6. The number of nitrogens with zero attached hydrogens (tertiary/aromatic N) is 2. The second-order valence-electron chi connectivity index (χ2n) is 10.7. The maximum absolute atomic E-state index is 2.47. The lowest BCUT2D eigenvalue weighted by Gasteiger charge is -2.09. The molecule has 4 aromatic carbocycles. The largest absolute Gasteiger partial charge is 0.310 e. The monoisotopic (exact) mass is 518 g/mol. The lowest BCUT2D eigenvalue weighted by molar-refractivity contribution is 1.03. The molecule has 0 amide bonds. The first-order chi connectivity index (χ1) is 19.3. The first-order valence-electron chi connectivity index (χ1n) is 13.9. The fraction of sp³-hybridized carbons (Fsp3) is 0.111. The van der Waals surface area contributed by atoms with Gasteiger partial charge in [0.25, 0.3) is 0 Å². The van der Waals surface area contributed by atoms with E-state index in [1.54, 1.807) is 0 Å². The summed E-state index contributed by atoms with van der Waals surface area (Å²) >= 11 is 1.89. The Morgan fingerprint density at radius 3 is 1.44 bits per heavy atom. The molecule has 0 aliphatic heterocycles. The van der Waals surface area contributed by atoms with Crippen LogP contribution in [0.5, 0.6) is 0 Å². The average Bonchev–Trinajstić information content (AvgIpc) is 3.64. The van der Waals surface area contributed by atoms with Gasteiger partial charge in [0.15, 0.2) is 0 Å². The summed E-state index contributed by atoms with van der Waals surface area (Å²) < 4.78 is 7.61. The lowest BCUT2D eigenvalue weighted by Crippen LogP contribution is -2.30. The summed E-state index contributed by atoms with van der Waals surface area (Å²) in [5.41, 5.74) is 5.05. The van der Waals surface area contributed by atoms with E-state index in [0.717, 1.165) is 25.7 Å². The Kier molecular flexibility index (Phi) is 4.47. The highest BCUT2D eigenvalue weighted by atomic mass is 32.1. The number of rotatable bonds is 2. The Labute approximate surface area is 229 Å². The molecule has 2 aliphatic carbocycles. The molecule has 0 fully saturated rings. The smallest absolute Gasteiger partial charge is 0.0540 e. The van der Waals surface area contributed by atoms with E-state index in [4.69, 9.17) is 0 Å². The van der Waals surface area contributed by atoms with Crippen molar-refractivity contribution < 1.29 is 0 Å². The van der Waals surface area contributed by atoms with Gasteiger partial charge in [-0.15, -0.1) is 11.3 Å². The van der Waals surface area contributed by atoms with Crippen molar-refractivity contribution in [2.75, 3.05) is 0 Å². The summed E-state index contributed by atoms with van der Waals surface area (Å²) in [7, 11) is 0. The van der Waals surface area contributed by atoms with E-state index in [9.17, 15) is 0 Å². The van der Waals surface area contributed by atoms with Crippen LogP contribution in [0.15, 0.2) is 84.9 Å². The third-order valence-corrected chi connectivity index (χ3v) is 9.71. The van der Waals surface area contributed by atoms with E-state index >= 15 is 0 Å². The molecule has 0 N–H and O–H groups in total. The zero-order valence-corrected chi connectivity index (χ0v) is 22.3. The van der Waals surface area contributed by atoms with E-state index in [-0.39, 0.29) is 0 Å². The number of hydrogen-bond donors (Lipinski definition) is 0. The lowest BCUT2D eigenvalue weighted by atomic mass is 10.1. The fourth-order valence-corrected chi connectivity index (χ4v) is 7.95. The van der Waals surface area contributed by atoms with Crippen molar-refractivity contribution in [3.05, 3.63) is 106 Å². The van der Waals surface area contributed by atoms with Crippen LogP contribution in [-0.4, -0.2) is 9.13 Å². The summed E-state index contributed by atoms with van der Waals surface area (Å²) in [6.07, 6.45) is 14.1. The van der Waals surface area contributed by atoms with Crippen LogP contribution in [0.4, 0.5) is 0 Å². The van der Waals surface area contributed by atoms with Gasteiger partial charge < -0.3 is 9.13 Å². The highest BCUT2D eigenvalue weighted by molar-refractivity contribution is 7.25. The van der Waals surface area contributed by atoms with Crippen LogP contribution >= 0.6 is 11.3 Å². The topological polar surface area (TPSA) is 9.86 Å². The van der Waals surface area contributed by atoms with Crippen molar-refractivity contribution in [2.45, 2.75) is 25.7 Å². The standard InChI is InChI=1S/C36H26N2S/c1-5-13-31-25(9-1)26-10-2-6-14-32(26)37(31)23-17-19-35-29(21-23)30-22-24(18-20-36(30)39-35)38-33-15-7-3-11-27(33)28-12-4-8-16-34(28)38/h1,3,5,7,9-22H,2,4,6,8H2. The number of benzene rings is 4. The predicted octanol–water partition coefficient (Wildman–Crippen LogP) is 6.65. The molecule has 7 aromatic rings. The van der Waals surface area contributed by atoms with Crippen LogP contribution in [0.25, 0.3) is 77.7 Å². The van der Waals surface area contributed by atoms with E-state index in [0.29, 0.717) is 0 Å². The van der Waals surface area contributed by atoms with E-state index < -0.39 is 0 Å². The molecule has 186 valence electrons. The van der Waals surface area contributed by atoms with Crippen LogP contribution in [0.3, 0.4) is 0 Å². The molecule has 9 rings (SSSR count). The minimum absolute atomic E-state index is 1.10. The molecule has 3 heteroatoms. The normalized spacial score (nSPS) is 14.6. The summed E-state index contributed by atoms with van der Waals surface area (Å²) in [6, 6.07) is 31.7. The van der Waals surface area contributed by atoms with Gasteiger partial charge in [0, 0.05) is 63.5 Å². The zero-order valence-electron chi connectivity index (χ0n) is 21.5. The molecule has 0 radical (unpaired) electrons. The van der Waals surface area contributed by atoms with Crippen molar-refractivity contribution in [3.8, 4) is 11.4 Å². The van der Waals surface area contributed by atoms with Gasteiger partial charge in [-0.25, -0.2) is 0 Å². The van der Waals surface area contributed by atoms with Gasteiger partial charge in [0.2, 0.25) is 0 Å². The molecule has 39 heavy (non-hydrogen) atoms. The molecule has 0 bridgehead atoms. The molecule has 0 spiro atoms. The summed E-state index contributed by atoms with van der Waals surface area (Å²) in [5.74, 6) is 0. The zero-order chi connectivity index (χ0) is 25.5. The first-order valence-corrected chi connectivity index (χ1v) is 14.7. The molecular formula is C36H26N2S. The van der Waals surface area contributed by atoms with Crippen molar-refractivity contribution in [3.63, 3.8) is 0 Å². The molecule has 3 aromatic heterocycles. The van der Waals surface area contributed by atoms with Crippen LogP contribution in [-0.2, 0) is 0 Å². The third kappa shape index (κ3) is 3.02. The van der Waals surface area contributed by atoms with Gasteiger partial charge in [0.1, 0.15) is 0 Å². The number of aromatic nitrogens is 2. The molecule has 0 saturated carbocycles. The summed E-state index contributed by atoms with van der Waals surface area (Å²) in [5, 5.41) is 10.8. The fourth-order valence-electron chi connectivity index (χ4n) is 6.88. The number of para-hydroxylation sites is 2. The third-order valence-electron chi connectivity index (χ3n) is 8.56. The Bertz CT molecular complexity index is 2230. The highest BCUT2D eigenvalue weighted by Crippen LogP contribution is 2.36. The second kappa shape index (κ2) is 8.08. The molecular weight excluding hydrogens is 492 g/mol. The van der Waals surface area contributed by atoms with E-state index in [2.05, 4.69) is 118 Å². The van der Waals surface area contributed by atoms with Gasteiger partial charge in [-0.05, 0) is 74.2 Å². The Balaban J connectivity index is 1.32. The molecule has 0 unspecified atom stereocenters. The van der Waals surface area contributed by atoms with Crippen LogP contribution in [0, 0.1) is 0 Å². The maximum atomic E-state index is 2.47. The predicted molar refractivity (Wildman–Crippen MR) is 168 cm³/mol. The van der Waals surface area contributed by atoms with Crippen LogP contribution in [0.2, 0.25) is 0 Å². The van der Waals surface area contributed by atoms with Crippen molar-refractivity contribution in [2.24, 2.45) is 0 Å². The quantitative estimate of drug-likeness (QED) is 0.242. The molecule has 3 heterocycles. The molecule has 0 atom stereocenters. The highest BCUT2D eigenvalue weighted by Gasteiger charge is 2.15. The average molecular weight is 519 g/mol. The molecule has 2 nitrogen and oxygen atoms in total. The molecule has 0 saturated heterocycles. The van der Waals surface area contributed by atoms with Gasteiger partial charge in [-0.1, -0.05) is 60.7 Å². The number of fused-ring (bicyclic) bond motifs is 9. The van der Waals surface area contributed by atoms with E-state index in [1.165, 1.54) is 74.5 Å². The maximum Gasteiger partial charge on any atom is 0.0540 e. The number of thiophene rings is 1. The van der Waals surface area contributed by atoms with Gasteiger partial charge in [-0.3, -0.25) is 0 Å². The van der Waals surface area contributed by atoms with E-state index in [1.807, 2.05) is 11.3 Å². The van der Waals surface area contributed by atoms with Crippen molar-refractivity contribution in [1.29, 1.82) is 0 Å². The minimum Gasteiger partial charge on any atom is -0.310 e. The Hall–Kier alpha value is -4.34. The SMILES string of the molecule is C1=c2c(n(-c3ccc4sc5ccc(-n6c7c(c8ccccc86)=CCCC=7)cc5c4c3)c3ccccc23)=CCC1. The molecule has 2 aliphatic rings. The second-order valence-corrected chi connectivity index (χ2v) is 11.8.